The lowest BCUT2D eigenvalue weighted by molar-refractivity contribution is -0.138. The molecule has 166 valence electrons. The number of likely N-dealkylation sites (tertiary alicyclic amines) is 1. The molecule has 2 heterocycles. The van der Waals surface area contributed by atoms with Crippen LogP contribution in [-0.4, -0.2) is 43.2 Å². The monoisotopic (exact) mass is 490 g/mol. The quantitative estimate of drug-likeness (QED) is 0.483. The second-order valence-corrected chi connectivity index (χ2v) is 9.39. The number of amides is 1. The van der Waals surface area contributed by atoms with Crippen LogP contribution in [0, 0.1) is 0 Å². The lowest BCUT2D eigenvalue weighted by atomic mass is 9.74. The Kier molecular flexibility index (Phi) is 6.21. The van der Waals surface area contributed by atoms with Gasteiger partial charge in [-0.05, 0) is 61.8 Å². The van der Waals surface area contributed by atoms with Gasteiger partial charge in [-0.2, -0.15) is 13.2 Å². The predicted octanol–water partition coefficient (Wildman–Crippen LogP) is 6.59. The summed E-state index contributed by atoms with van der Waals surface area (Å²) in [5.74, 6) is -0.296. The molecule has 3 nitrogen and oxygen atoms in total. The Hall–Kier alpha value is -1.47. The summed E-state index contributed by atoms with van der Waals surface area (Å²) in [7, 11) is 0. The first kappa shape index (κ1) is 22.7. The molecule has 1 fully saturated rings. The Balaban J connectivity index is 1.61. The predicted molar refractivity (Wildman–Crippen MR) is 118 cm³/mol. The van der Waals surface area contributed by atoms with Gasteiger partial charge in [-0.15, -0.1) is 0 Å². The average molecular weight is 492 g/mol. The number of anilines is 1. The standard InChI is InChI=1S/C22H20Cl3F3N2O/c23-14-4-5-18-15(12-14)21(6-9-29(10-7-21)11-8-22(26,27)28)13-30(18)20(31)19-16(24)2-1-3-17(19)25/h1-5,12H,6-11,13H2. The number of piperidine rings is 1. The molecule has 2 aliphatic heterocycles. The van der Waals surface area contributed by atoms with Crippen molar-refractivity contribution in [1.82, 2.24) is 4.90 Å². The van der Waals surface area contributed by atoms with Gasteiger partial charge >= 0.3 is 6.18 Å². The van der Waals surface area contributed by atoms with Crippen molar-refractivity contribution >= 4 is 46.4 Å². The van der Waals surface area contributed by atoms with Crippen molar-refractivity contribution in [3.8, 4) is 0 Å². The number of carbonyl (C=O) groups excluding carboxylic acids is 1. The number of nitrogens with zero attached hydrogens (tertiary/aromatic N) is 2. The Labute approximate surface area is 193 Å². The molecule has 1 amide bonds. The molecule has 9 heteroatoms. The van der Waals surface area contributed by atoms with E-state index >= 15 is 0 Å². The first-order valence-electron chi connectivity index (χ1n) is 9.95. The molecule has 0 radical (unpaired) electrons. The molecule has 31 heavy (non-hydrogen) atoms. The molecule has 0 saturated carbocycles. The first-order valence-corrected chi connectivity index (χ1v) is 11.1. The molecule has 0 aromatic heterocycles. The van der Waals surface area contributed by atoms with Crippen LogP contribution in [0.15, 0.2) is 36.4 Å². The second kappa shape index (κ2) is 8.47. The summed E-state index contributed by atoms with van der Waals surface area (Å²) in [6.45, 7) is 1.45. The van der Waals surface area contributed by atoms with Gasteiger partial charge in [-0.1, -0.05) is 40.9 Å². The number of hydrogen-bond acceptors (Lipinski definition) is 2. The SMILES string of the molecule is O=C(c1c(Cl)cccc1Cl)N1CC2(CCN(CCC(F)(F)F)CC2)c2cc(Cl)ccc21. The highest BCUT2D eigenvalue weighted by Crippen LogP contribution is 2.49. The zero-order valence-corrected chi connectivity index (χ0v) is 18.8. The molecule has 0 aliphatic carbocycles. The number of rotatable bonds is 3. The van der Waals surface area contributed by atoms with E-state index in [1.165, 1.54) is 0 Å². The van der Waals surface area contributed by atoms with Gasteiger partial charge in [0.05, 0.1) is 22.0 Å². The summed E-state index contributed by atoms with van der Waals surface area (Å²) in [6.07, 6.45) is -3.71. The minimum absolute atomic E-state index is 0.0140. The number of halogens is 6. The molecule has 1 saturated heterocycles. The van der Waals surface area contributed by atoms with Crippen molar-refractivity contribution < 1.29 is 18.0 Å². The third kappa shape index (κ3) is 4.54. The molecule has 0 N–H and O–H groups in total. The van der Waals surface area contributed by atoms with Gasteiger partial charge < -0.3 is 9.80 Å². The third-order valence-corrected chi connectivity index (χ3v) is 7.09. The van der Waals surface area contributed by atoms with Gasteiger partial charge in [0.2, 0.25) is 0 Å². The molecular formula is C22H20Cl3F3N2O. The van der Waals surface area contributed by atoms with Crippen LogP contribution in [0.5, 0.6) is 0 Å². The number of alkyl halides is 3. The topological polar surface area (TPSA) is 23.6 Å². The summed E-state index contributed by atoms with van der Waals surface area (Å²) in [4.78, 5) is 16.9. The molecule has 2 aliphatic rings. The Bertz CT molecular complexity index is 984. The lowest BCUT2D eigenvalue weighted by Gasteiger charge is -2.40. The van der Waals surface area contributed by atoms with Crippen molar-refractivity contribution in [3.05, 3.63) is 62.6 Å². The Morgan fingerprint density at radius 3 is 2.29 bits per heavy atom. The Morgan fingerprint density at radius 1 is 1.03 bits per heavy atom. The number of fused-ring (bicyclic) bond motifs is 2. The van der Waals surface area contributed by atoms with Crippen LogP contribution in [0.3, 0.4) is 0 Å². The zero-order valence-electron chi connectivity index (χ0n) is 16.5. The van der Waals surface area contributed by atoms with E-state index in [0.29, 0.717) is 37.5 Å². The van der Waals surface area contributed by atoms with Crippen molar-refractivity contribution in [2.75, 3.05) is 31.1 Å². The fourth-order valence-electron chi connectivity index (χ4n) is 4.58. The van der Waals surface area contributed by atoms with E-state index in [1.54, 1.807) is 29.2 Å². The van der Waals surface area contributed by atoms with E-state index in [9.17, 15) is 18.0 Å². The van der Waals surface area contributed by atoms with Gasteiger partial charge in [0.15, 0.2) is 0 Å². The number of hydrogen-bond donors (Lipinski definition) is 0. The minimum Gasteiger partial charge on any atom is -0.307 e. The Morgan fingerprint density at radius 2 is 1.68 bits per heavy atom. The van der Waals surface area contributed by atoms with E-state index in [1.807, 2.05) is 17.0 Å². The van der Waals surface area contributed by atoms with Crippen molar-refractivity contribution in [3.63, 3.8) is 0 Å². The molecule has 4 rings (SSSR count). The lowest BCUT2D eigenvalue weighted by Crippen LogP contribution is -2.46. The molecule has 2 aromatic rings. The maximum Gasteiger partial charge on any atom is 0.390 e. The van der Waals surface area contributed by atoms with Gasteiger partial charge in [-0.25, -0.2) is 0 Å². The van der Waals surface area contributed by atoms with Crippen molar-refractivity contribution in [2.45, 2.75) is 30.9 Å². The van der Waals surface area contributed by atoms with Crippen LogP contribution in [0.2, 0.25) is 15.1 Å². The highest BCUT2D eigenvalue weighted by Gasteiger charge is 2.47. The van der Waals surface area contributed by atoms with Gasteiger partial charge in [0, 0.05) is 29.2 Å². The second-order valence-electron chi connectivity index (χ2n) is 8.14. The maximum absolute atomic E-state index is 13.4. The molecular weight excluding hydrogens is 472 g/mol. The summed E-state index contributed by atoms with van der Waals surface area (Å²) >= 11 is 18.8. The molecule has 1 spiro atoms. The van der Waals surface area contributed by atoms with Crippen LogP contribution in [0.25, 0.3) is 0 Å². The summed E-state index contributed by atoms with van der Waals surface area (Å²) in [6, 6.07) is 10.3. The van der Waals surface area contributed by atoms with E-state index in [-0.39, 0.29) is 33.5 Å². The third-order valence-electron chi connectivity index (χ3n) is 6.23. The average Bonchev–Trinajstić information content (AvgIpc) is 3.00. The number of carbonyl (C=O) groups is 1. The smallest absolute Gasteiger partial charge is 0.307 e. The summed E-state index contributed by atoms with van der Waals surface area (Å²) in [5.41, 5.74) is 1.57. The van der Waals surface area contributed by atoms with Crippen LogP contribution in [0.4, 0.5) is 18.9 Å². The van der Waals surface area contributed by atoms with E-state index in [2.05, 4.69) is 0 Å². The van der Waals surface area contributed by atoms with Crippen LogP contribution in [0.1, 0.15) is 35.2 Å². The van der Waals surface area contributed by atoms with Crippen molar-refractivity contribution in [2.24, 2.45) is 0 Å². The van der Waals surface area contributed by atoms with Crippen LogP contribution in [-0.2, 0) is 5.41 Å². The van der Waals surface area contributed by atoms with E-state index in [4.69, 9.17) is 34.8 Å². The van der Waals surface area contributed by atoms with E-state index < -0.39 is 12.6 Å². The van der Waals surface area contributed by atoms with E-state index in [0.717, 1.165) is 11.3 Å². The molecule has 0 unspecified atom stereocenters. The maximum atomic E-state index is 13.4. The van der Waals surface area contributed by atoms with Gasteiger partial charge in [0.25, 0.3) is 5.91 Å². The zero-order chi connectivity index (χ0) is 22.4. The van der Waals surface area contributed by atoms with Crippen LogP contribution >= 0.6 is 34.8 Å². The normalized spacial score (nSPS) is 18.5. The number of benzene rings is 2. The minimum atomic E-state index is -4.17. The fraction of sp³-hybridized carbons (Fsp3) is 0.409. The van der Waals surface area contributed by atoms with Crippen LogP contribution < -0.4 is 4.90 Å². The van der Waals surface area contributed by atoms with Gasteiger partial charge in [0.1, 0.15) is 0 Å². The van der Waals surface area contributed by atoms with Crippen molar-refractivity contribution in [1.29, 1.82) is 0 Å². The highest BCUT2D eigenvalue weighted by molar-refractivity contribution is 6.40. The van der Waals surface area contributed by atoms with Gasteiger partial charge in [-0.3, -0.25) is 4.79 Å². The summed E-state index contributed by atoms with van der Waals surface area (Å²) in [5, 5.41) is 1.11. The molecule has 2 aromatic carbocycles. The highest BCUT2D eigenvalue weighted by atomic mass is 35.5. The fourth-order valence-corrected chi connectivity index (χ4v) is 5.31. The molecule has 0 atom stereocenters. The summed E-state index contributed by atoms with van der Waals surface area (Å²) < 4.78 is 37.8. The molecule has 0 bridgehead atoms. The largest absolute Gasteiger partial charge is 0.390 e. The first-order chi connectivity index (χ1) is 14.6.